The number of furan rings is 1. The van der Waals surface area contributed by atoms with Crippen molar-refractivity contribution in [3.05, 3.63) is 23.2 Å². The maximum absolute atomic E-state index is 12.1. The molecule has 1 aliphatic rings. The second-order valence-corrected chi connectivity index (χ2v) is 5.09. The second-order valence-electron chi connectivity index (χ2n) is 5.09. The number of aliphatic carboxylic acids is 1. The average molecular weight is 265 g/mol. The number of carboxylic acids is 1. The molecule has 0 spiro atoms. The van der Waals surface area contributed by atoms with Crippen LogP contribution in [0.25, 0.3) is 0 Å². The molecule has 5 nitrogen and oxygen atoms in total. The van der Waals surface area contributed by atoms with Gasteiger partial charge in [0.25, 0.3) is 5.91 Å². The van der Waals surface area contributed by atoms with E-state index < -0.39 is 5.97 Å². The quantitative estimate of drug-likeness (QED) is 0.825. The Morgan fingerprint density at radius 3 is 2.68 bits per heavy atom. The van der Waals surface area contributed by atoms with Gasteiger partial charge in [0, 0.05) is 18.0 Å². The first-order valence-electron chi connectivity index (χ1n) is 6.63. The molecular weight excluding hydrogens is 246 g/mol. The summed E-state index contributed by atoms with van der Waals surface area (Å²) in [6, 6.07) is 1.55. The van der Waals surface area contributed by atoms with Gasteiger partial charge in [0.1, 0.15) is 5.76 Å². The number of amides is 1. The van der Waals surface area contributed by atoms with Gasteiger partial charge in [0.05, 0.1) is 6.42 Å². The zero-order valence-corrected chi connectivity index (χ0v) is 11.2. The van der Waals surface area contributed by atoms with Crippen molar-refractivity contribution in [3.8, 4) is 0 Å². The molecule has 2 rings (SSSR count). The summed E-state index contributed by atoms with van der Waals surface area (Å²) in [6.07, 6.45) is 2.66. The van der Waals surface area contributed by atoms with Crippen LogP contribution in [0.1, 0.15) is 48.1 Å². The zero-order chi connectivity index (χ0) is 14.0. The summed E-state index contributed by atoms with van der Waals surface area (Å²) in [4.78, 5) is 22.9. The minimum Gasteiger partial charge on any atom is -0.481 e. The number of carboxylic acid groups (broad SMARTS) is 1. The van der Waals surface area contributed by atoms with Gasteiger partial charge in [0.15, 0.2) is 5.76 Å². The van der Waals surface area contributed by atoms with Gasteiger partial charge in [-0.2, -0.15) is 0 Å². The minimum atomic E-state index is -0.886. The smallest absolute Gasteiger partial charge is 0.305 e. The predicted octanol–water partition coefficient (Wildman–Crippen LogP) is 2.13. The lowest BCUT2D eigenvalue weighted by molar-refractivity contribution is -0.137. The summed E-state index contributed by atoms with van der Waals surface area (Å²) in [7, 11) is 0. The molecule has 1 amide bonds. The molecule has 0 bridgehead atoms. The van der Waals surface area contributed by atoms with Crippen LogP contribution in [0.2, 0.25) is 0 Å². The van der Waals surface area contributed by atoms with E-state index in [9.17, 15) is 9.59 Å². The van der Waals surface area contributed by atoms with Crippen molar-refractivity contribution in [1.29, 1.82) is 0 Å². The highest BCUT2D eigenvalue weighted by Crippen LogP contribution is 2.34. The fourth-order valence-corrected chi connectivity index (χ4v) is 2.20. The fourth-order valence-electron chi connectivity index (χ4n) is 2.20. The third-order valence-corrected chi connectivity index (χ3v) is 3.43. The number of hydrogen-bond donors (Lipinski definition) is 2. The van der Waals surface area contributed by atoms with E-state index >= 15 is 0 Å². The van der Waals surface area contributed by atoms with Crippen molar-refractivity contribution in [3.63, 3.8) is 0 Å². The molecule has 1 aromatic heterocycles. The van der Waals surface area contributed by atoms with Crippen molar-refractivity contribution < 1.29 is 19.1 Å². The van der Waals surface area contributed by atoms with Crippen LogP contribution in [0.4, 0.5) is 0 Å². The summed E-state index contributed by atoms with van der Waals surface area (Å²) in [5, 5.41) is 11.7. The largest absolute Gasteiger partial charge is 0.481 e. The molecule has 2 N–H and O–H groups in total. The molecule has 5 heteroatoms. The molecule has 1 atom stereocenters. The summed E-state index contributed by atoms with van der Waals surface area (Å²) in [6.45, 7) is 3.78. The van der Waals surface area contributed by atoms with Gasteiger partial charge < -0.3 is 14.8 Å². The van der Waals surface area contributed by atoms with Crippen molar-refractivity contribution in [1.82, 2.24) is 5.32 Å². The van der Waals surface area contributed by atoms with Gasteiger partial charge in [-0.1, -0.05) is 6.92 Å². The molecule has 0 saturated heterocycles. The van der Waals surface area contributed by atoms with E-state index in [0.29, 0.717) is 11.7 Å². The maximum atomic E-state index is 12.1. The molecule has 1 aliphatic carbocycles. The van der Waals surface area contributed by atoms with E-state index in [4.69, 9.17) is 9.52 Å². The van der Waals surface area contributed by atoms with E-state index in [1.54, 1.807) is 0 Å². The van der Waals surface area contributed by atoms with Gasteiger partial charge in [0.2, 0.25) is 0 Å². The van der Waals surface area contributed by atoms with E-state index in [1.807, 2.05) is 19.9 Å². The Bertz CT molecular complexity index is 488. The summed E-state index contributed by atoms with van der Waals surface area (Å²) in [5.74, 6) is 0.163. The van der Waals surface area contributed by atoms with Crippen LogP contribution in [0.5, 0.6) is 0 Å². The van der Waals surface area contributed by atoms with Crippen molar-refractivity contribution in [2.45, 2.75) is 45.6 Å². The molecule has 1 saturated carbocycles. The molecule has 0 aromatic carbocycles. The van der Waals surface area contributed by atoms with E-state index in [-0.39, 0.29) is 18.4 Å². The Hall–Kier alpha value is -1.78. The second kappa shape index (κ2) is 5.47. The number of aryl methyl sites for hydroxylation is 2. The molecule has 1 aromatic rings. The molecule has 1 fully saturated rings. The average Bonchev–Trinajstić information content (AvgIpc) is 3.11. The molecule has 1 heterocycles. The first-order chi connectivity index (χ1) is 9.01. The number of carbonyl (C=O) groups is 2. The first-order valence-corrected chi connectivity index (χ1v) is 6.63. The molecule has 0 unspecified atom stereocenters. The Morgan fingerprint density at radius 2 is 2.21 bits per heavy atom. The van der Waals surface area contributed by atoms with Crippen molar-refractivity contribution in [2.24, 2.45) is 5.92 Å². The summed E-state index contributed by atoms with van der Waals surface area (Å²) >= 11 is 0. The molecule has 19 heavy (non-hydrogen) atoms. The van der Waals surface area contributed by atoms with Crippen LogP contribution in [0, 0.1) is 12.8 Å². The Morgan fingerprint density at radius 1 is 1.53 bits per heavy atom. The van der Waals surface area contributed by atoms with Gasteiger partial charge in [-0.3, -0.25) is 9.59 Å². The van der Waals surface area contributed by atoms with E-state index in [1.165, 1.54) is 0 Å². The fraction of sp³-hybridized carbons (Fsp3) is 0.571. The van der Waals surface area contributed by atoms with Crippen LogP contribution >= 0.6 is 0 Å². The Labute approximate surface area is 112 Å². The Balaban J connectivity index is 2.05. The zero-order valence-electron chi connectivity index (χ0n) is 11.2. The standard InChI is InChI=1S/C14H19NO4/c1-3-10-6-8(2)13(19-10)14(18)15-11(7-12(16)17)9-4-5-9/h6,9,11H,3-5,7H2,1-2H3,(H,15,18)(H,16,17)/t11-/m1/s1. The topological polar surface area (TPSA) is 79.5 Å². The number of rotatable bonds is 6. The van der Waals surface area contributed by atoms with Crippen LogP contribution < -0.4 is 5.32 Å². The van der Waals surface area contributed by atoms with Crippen LogP contribution in [-0.2, 0) is 11.2 Å². The van der Waals surface area contributed by atoms with Gasteiger partial charge in [-0.05, 0) is 31.7 Å². The number of carbonyl (C=O) groups excluding carboxylic acids is 1. The summed E-state index contributed by atoms with van der Waals surface area (Å²) < 4.78 is 5.47. The van der Waals surface area contributed by atoms with Gasteiger partial charge in [-0.25, -0.2) is 0 Å². The Kier molecular flexibility index (Phi) is 3.93. The normalized spacial score (nSPS) is 16.1. The predicted molar refractivity (Wildman–Crippen MR) is 69.1 cm³/mol. The van der Waals surface area contributed by atoms with Gasteiger partial charge in [-0.15, -0.1) is 0 Å². The highest BCUT2D eigenvalue weighted by Gasteiger charge is 2.34. The van der Waals surface area contributed by atoms with Crippen molar-refractivity contribution in [2.75, 3.05) is 0 Å². The lowest BCUT2D eigenvalue weighted by Crippen LogP contribution is -2.38. The van der Waals surface area contributed by atoms with Crippen LogP contribution in [0.15, 0.2) is 10.5 Å². The number of nitrogens with one attached hydrogen (secondary N) is 1. The van der Waals surface area contributed by atoms with E-state index in [2.05, 4.69) is 5.32 Å². The van der Waals surface area contributed by atoms with Gasteiger partial charge >= 0.3 is 5.97 Å². The molecular formula is C14H19NO4. The molecule has 0 aliphatic heterocycles. The highest BCUT2D eigenvalue weighted by atomic mass is 16.4. The lowest BCUT2D eigenvalue weighted by Gasteiger charge is -2.15. The highest BCUT2D eigenvalue weighted by molar-refractivity contribution is 5.93. The molecule has 104 valence electrons. The van der Waals surface area contributed by atoms with Crippen LogP contribution in [0.3, 0.4) is 0 Å². The van der Waals surface area contributed by atoms with Crippen molar-refractivity contribution >= 4 is 11.9 Å². The van der Waals surface area contributed by atoms with E-state index in [0.717, 1.165) is 30.6 Å². The van der Waals surface area contributed by atoms with Crippen LogP contribution in [-0.4, -0.2) is 23.0 Å². The third-order valence-electron chi connectivity index (χ3n) is 3.43. The lowest BCUT2D eigenvalue weighted by atomic mass is 10.1. The SMILES string of the molecule is CCc1cc(C)c(C(=O)N[C@H](CC(=O)O)C2CC2)o1. The third kappa shape index (κ3) is 3.36. The maximum Gasteiger partial charge on any atom is 0.305 e. The minimum absolute atomic E-state index is 0.0310. The molecule has 0 radical (unpaired) electrons. The monoisotopic (exact) mass is 265 g/mol. The summed E-state index contributed by atoms with van der Waals surface area (Å²) in [5.41, 5.74) is 0.791. The first kappa shape index (κ1) is 13.6. The number of hydrogen-bond acceptors (Lipinski definition) is 3.